The Morgan fingerprint density at radius 1 is 1.18 bits per heavy atom. The maximum absolute atomic E-state index is 12.3. The first kappa shape index (κ1) is 31.3. The van der Waals surface area contributed by atoms with Gasteiger partial charge in [-0.25, -0.2) is 4.79 Å². The van der Waals surface area contributed by atoms with E-state index in [1.54, 1.807) is 48.5 Å². The normalized spacial score (nSPS) is 23.9. The van der Waals surface area contributed by atoms with Crippen LogP contribution in [0.1, 0.15) is 24.0 Å². The van der Waals surface area contributed by atoms with Crippen molar-refractivity contribution in [3.63, 3.8) is 0 Å². The molecule has 1 heterocycles. The number of ether oxygens (including phenoxy) is 3. The Labute approximate surface area is 236 Å². The van der Waals surface area contributed by atoms with Crippen molar-refractivity contribution < 1.29 is 44.2 Å². The minimum absolute atomic E-state index is 0.00607. The quantitative estimate of drug-likeness (QED) is 0.146. The van der Waals surface area contributed by atoms with Gasteiger partial charge in [-0.1, -0.05) is 35.9 Å². The summed E-state index contributed by atoms with van der Waals surface area (Å²) in [5, 5.41) is 44.8. The molecular formula is C28H33ClN2O9. The van der Waals surface area contributed by atoms with Gasteiger partial charge in [-0.3, -0.25) is 4.79 Å². The highest BCUT2D eigenvalue weighted by molar-refractivity contribution is 6.30. The largest absolute Gasteiger partial charge is 0.493 e. The van der Waals surface area contributed by atoms with Crippen LogP contribution in [0.15, 0.2) is 48.5 Å². The van der Waals surface area contributed by atoms with Crippen LogP contribution in [0.4, 0.5) is 0 Å². The molecule has 1 fully saturated rings. The molecule has 3 rings (SSSR count). The second kappa shape index (κ2) is 14.4. The lowest BCUT2D eigenvalue weighted by Gasteiger charge is -2.45. The molecule has 1 aliphatic rings. The van der Waals surface area contributed by atoms with Gasteiger partial charge in [-0.05, 0) is 35.4 Å². The molecule has 0 unspecified atom stereocenters. The van der Waals surface area contributed by atoms with Gasteiger partial charge in [0.25, 0.3) is 5.79 Å². The van der Waals surface area contributed by atoms with E-state index >= 15 is 0 Å². The monoisotopic (exact) mass is 576 g/mol. The number of terminal acetylenes is 1. The molecule has 2 aromatic rings. The van der Waals surface area contributed by atoms with E-state index in [1.807, 2.05) is 0 Å². The van der Waals surface area contributed by atoms with Crippen LogP contribution in [0.25, 0.3) is 0 Å². The summed E-state index contributed by atoms with van der Waals surface area (Å²) in [4.78, 5) is 24.5. The standard InChI is InChI=1S/C28H33ClN2O9/c1-2-3-12-38-20-10-6-18(7-11-20)16-39-28(27(36)37)14-21(32)24(30)26(40-28)25(35)22(33)15-31-23(34)13-17-4-8-19(29)9-5-17/h1,4-11,21-22,24-26,32-33,35H,3,12-16,30H2,(H,31,34)(H,36,37)/t21-,22+,24+,25+,26+,28+/m0/s1. The number of aliphatic hydroxyl groups is 3. The van der Waals surface area contributed by atoms with Crippen molar-refractivity contribution in [3.8, 4) is 18.1 Å². The molecule has 11 nitrogen and oxygen atoms in total. The SMILES string of the molecule is C#CCCOc1ccc(CO[C@]2(C(=O)O)C[C@H](O)[C@@H](N)[C@H]([C@H](O)[C@H](O)CNC(=O)Cc3ccc(Cl)cc3)O2)cc1. The predicted octanol–water partition coefficient (Wildman–Crippen LogP) is 0.597. The van der Waals surface area contributed by atoms with Crippen LogP contribution in [0.3, 0.4) is 0 Å². The summed E-state index contributed by atoms with van der Waals surface area (Å²) in [6, 6.07) is 12.0. The lowest BCUT2D eigenvalue weighted by molar-refractivity contribution is -0.312. The number of amides is 1. The molecule has 40 heavy (non-hydrogen) atoms. The van der Waals surface area contributed by atoms with E-state index in [2.05, 4.69) is 11.2 Å². The number of nitrogens with two attached hydrogens (primary N) is 1. The van der Waals surface area contributed by atoms with E-state index in [4.69, 9.17) is 38.0 Å². The summed E-state index contributed by atoms with van der Waals surface area (Å²) in [6.07, 6.45) is -1.19. The number of hydrogen-bond donors (Lipinski definition) is 6. The minimum Gasteiger partial charge on any atom is -0.493 e. The van der Waals surface area contributed by atoms with Gasteiger partial charge in [-0.2, -0.15) is 0 Å². The van der Waals surface area contributed by atoms with Gasteiger partial charge >= 0.3 is 5.97 Å². The summed E-state index contributed by atoms with van der Waals surface area (Å²) in [5.74, 6) is -1.30. The lowest BCUT2D eigenvalue weighted by atomic mass is 9.89. The van der Waals surface area contributed by atoms with Crippen molar-refractivity contribution in [3.05, 3.63) is 64.7 Å². The number of aliphatic hydroxyl groups excluding tert-OH is 3. The van der Waals surface area contributed by atoms with E-state index in [1.165, 1.54) is 0 Å². The zero-order valence-corrected chi connectivity index (χ0v) is 22.4. The fourth-order valence-corrected chi connectivity index (χ4v) is 4.21. The number of nitrogens with one attached hydrogen (secondary N) is 1. The second-order valence-corrected chi connectivity index (χ2v) is 9.83. The molecule has 12 heteroatoms. The summed E-state index contributed by atoms with van der Waals surface area (Å²) in [6.45, 7) is -0.250. The molecule has 0 bridgehead atoms. The molecular weight excluding hydrogens is 544 g/mol. The number of hydrogen-bond acceptors (Lipinski definition) is 9. The van der Waals surface area contributed by atoms with Gasteiger partial charge in [0.1, 0.15) is 18.0 Å². The minimum atomic E-state index is -2.36. The van der Waals surface area contributed by atoms with Crippen LogP contribution in [-0.4, -0.2) is 81.7 Å². The molecule has 1 saturated heterocycles. The molecule has 7 N–H and O–H groups in total. The maximum atomic E-state index is 12.3. The maximum Gasteiger partial charge on any atom is 0.364 e. The van der Waals surface area contributed by atoms with E-state index in [9.17, 15) is 30.0 Å². The van der Waals surface area contributed by atoms with E-state index in [0.717, 1.165) is 0 Å². The molecule has 0 saturated carbocycles. The third-order valence-electron chi connectivity index (χ3n) is 6.38. The van der Waals surface area contributed by atoms with Gasteiger partial charge in [-0.15, -0.1) is 12.3 Å². The number of carbonyl (C=O) groups is 2. The van der Waals surface area contributed by atoms with Crippen LogP contribution in [0.5, 0.6) is 5.75 Å². The first-order chi connectivity index (χ1) is 19.0. The molecule has 216 valence electrons. The first-order valence-corrected chi connectivity index (χ1v) is 12.9. The van der Waals surface area contributed by atoms with Crippen molar-refractivity contribution in [2.45, 2.75) is 62.1 Å². The van der Waals surface area contributed by atoms with Gasteiger partial charge in [0.2, 0.25) is 5.91 Å². The number of aliphatic carboxylic acids is 1. The van der Waals surface area contributed by atoms with Gasteiger partial charge in [0.05, 0.1) is 37.9 Å². The highest BCUT2D eigenvalue weighted by Gasteiger charge is 2.54. The van der Waals surface area contributed by atoms with Crippen molar-refractivity contribution in [1.29, 1.82) is 0 Å². The fraction of sp³-hybridized carbons (Fsp3) is 0.429. The summed E-state index contributed by atoms with van der Waals surface area (Å²) in [5.41, 5.74) is 7.28. The topological polar surface area (TPSA) is 181 Å². The Hall–Kier alpha value is -3.21. The smallest absolute Gasteiger partial charge is 0.364 e. The third kappa shape index (κ3) is 8.39. The molecule has 2 aromatic carbocycles. The number of carboxylic acid groups (broad SMARTS) is 1. The van der Waals surface area contributed by atoms with Crippen molar-refractivity contribution in [2.75, 3.05) is 13.2 Å². The van der Waals surface area contributed by atoms with Gasteiger partial charge < -0.3 is 45.7 Å². The van der Waals surface area contributed by atoms with E-state index in [-0.39, 0.29) is 19.6 Å². The number of carboxylic acids is 1. The Bertz CT molecular complexity index is 1170. The summed E-state index contributed by atoms with van der Waals surface area (Å²) in [7, 11) is 0. The Morgan fingerprint density at radius 2 is 1.82 bits per heavy atom. The molecule has 6 atom stereocenters. The summed E-state index contributed by atoms with van der Waals surface area (Å²) >= 11 is 5.84. The predicted molar refractivity (Wildman–Crippen MR) is 144 cm³/mol. The van der Waals surface area contributed by atoms with Crippen LogP contribution >= 0.6 is 11.6 Å². The number of benzene rings is 2. The Kier molecular flexibility index (Phi) is 11.3. The molecule has 0 aliphatic carbocycles. The third-order valence-corrected chi connectivity index (χ3v) is 6.63. The van der Waals surface area contributed by atoms with Crippen LogP contribution < -0.4 is 15.8 Å². The molecule has 1 aliphatic heterocycles. The zero-order chi connectivity index (χ0) is 29.3. The van der Waals surface area contributed by atoms with Crippen LogP contribution in [-0.2, 0) is 32.1 Å². The molecule has 0 spiro atoms. The average molecular weight is 577 g/mol. The number of carbonyl (C=O) groups excluding carboxylic acids is 1. The Morgan fingerprint density at radius 3 is 2.45 bits per heavy atom. The van der Waals surface area contributed by atoms with E-state index in [0.29, 0.717) is 34.9 Å². The Balaban J connectivity index is 1.61. The van der Waals surface area contributed by atoms with Gasteiger partial charge in [0.15, 0.2) is 0 Å². The average Bonchev–Trinajstić information content (AvgIpc) is 2.94. The second-order valence-electron chi connectivity index (χ2n) is 9.39. The molecule has 1 amide bonds. The molecule has 0 radical (unpaired) electrons. The lowest BCUT2D eigenvalue weighted by Crippen LogP contribution is -2.66. The first-order valence-electron chi connectivity index (χ1n) is 12.6. The highest BCUT2D eigenvalue weighted by Crippen LogP contribution is 2.33. The van der Waals surface area contributed by atoms with E-state index < -0.39 is 54.5 Å². The van der Waals surface area contributed by atoms with Crippen LogP contribution in [0, 0.1) is 12.3 Å². The van der Waals surface area contributed by atoms with Gasteiger partial charge in [0, 0.05) is 24.4 Å². The van der Waals surface area contributed by atoms with Crippen LogP contribution in [0.2, 0.25) is 5.02 Å². The number of halogens is 1. The zero-order valence-electron chi connectivity index (χ0n) is 21.6. The molecule has 0 aromatic heterocycles. The van der Waals surface area contributed by atoms with Crippen molar-refractivity contribution in [2.24, 2.45) is 5.73 Å². The van der Waals surface area contributed by atoms with Crippen molar-refractivity contribution >= 4 is 23.5 Å². The fourth-order valence-electron chi connectivity index (χ4n) is 4.08. The highest BCUT2D eigenvalue weighted by atomic mass is 35.5. The number of rotatable bonds is 13. The van der Waals surface area contributed by atoms with Crippen molar-refractivity contribution in [1.82, 2.24) is 5.32 Å². The summed E-state index contributed by atoms with van der Waals surface area (Å²) < 4.78 is 16.8.